The van der Waals surface area contributed by atoms with Crippen LogP contribution in [0.15, 0.2) is 80.1 Å². The van der Waals surface area contributed by atoms with Crippen LogP contribution in [0.1, 0.15) is 27.0 Å². The molecule has 2 aromatic heterocycles. The molecule has 0 unspecified atom stereocenters. The lowest BCUT2D eigenvalue weighted by atomic mass is 10.1. The van der Waals surface area contributed by atoms with Crippen LogP contribution in [-0.2, 0) is 0 Å². The second kappa shape index (κ2) is 8.70. The zero-order chi connectivity index (χ0) is 23.1. The Hall–Kier alpha value is -3.07. The Morgan fingerprint density at radius 3 is 2.58 bits per heavy atom. The number of nitrogens with zero attached hydrogens (tertiary/aromatic N) is 2. The number of halogens is 1. The number of fused-ring (bicyclic) bond motifs is 1. The van der Waals surface area contributed by atoms with Gasteiger partial charge in [-0.15, -0.1) is 23.1 Å². The first-order valence-corrected chi connectivity index (χ1v) is 12.2. The molecule has 4 aromatic rings. The summed E-state index contributed by atoms with van der Waals surface area (Å²) in [6, 6.07) is 18.3. The van der Waals surface area contributed by atoms with Crippen molar-refractivity contribution < 1.29 is 5.11 Å². The van der Waals surface area contributed by atoms with Gasteiger partial charge < -0.3 is 5.11 Å². The van der Waals surface area contributed by atoms with Gasteiger partial charge in [0.1, 0.15) is 5.56 Å². The van der Waals surface area contributed by atoms with E-state index in [4.69, 9.17) is 16.6 Å². The first-order chi connectivity index (χ1) is 15.9. The Labute approximate surface area is 202 Å². The number of aryl methyl sites for hydroxylation is 1. The van der Waals surface area contributed by atoms with Crippen LogP contribution in [0.4, 0.5) is 5.69 Å². The molecule has 0 saturated heterocycles. The molecule has 0 saturated carbocycles. The number of benzene rings is 2. The molecule has 0 bridgehead atoms. The Kier molecular flexibility index (Phi) is 5.74. The highest BCUT2D eigenvalue weighted by Crippen LogP contribution is 2.47. The zero-order valence-electron chi connectivity index (χ0n) is 17.4. The molecule has 1 aliphatic heterocycles. The topological polar surface area (TPSA) is 87.5 Å². The van der Waals surface area contributed by atoms with Gasteiger partial charge in [-0.1, -0.05) is 23.7 Å². The van der Waals surface area contributed by atoms with Crippen molar-refractivity contribution in [2.45, 2.75) is 23.5 Å². The van der Waals surface area contributed by atoms with Crippen molar-refractivity contribution in [1.82, 2.24) is 9.55 Å². The van der Waals surface area contributed by atoms with E-state index in [1.165, 1.54) is 4.88 Å². The normalized spacial score (nSPS) is 15.6. The lowest BCUT2D eigenvalue weighted by Crippen LogP contribution is -2.33. The van der Waals surface area contributed by atoms with Crippen molar-refractivity contribution in [2.24, 2.45) is 4.99 Å². The standard InChI is InChI=1S/C24H18ClN3O3S2/c1-13-6-11-19(32-13)20-12-17(26-16-4-2-3-5-18(16)33-20)21-22(29)27-24(31)28(23(21)30)15-9-7-14(25)8-10-15/h2-11,20,30H,12H2,1H3,(H,27,29,31)/t20-/m1/s1. The molecular formula is C24H18ClN3O3S2. The second-order valence-corrected chi connectivity index (χ2v) is 10.6. The number of aromatic hydroxyl groups is 1. The predicted octanol–water partition coefficient (Wildman–Crippen LogP) is 5.61. The maximum absolute atomic E-state index is 12.9. The van der Waals surface area contributed by atoms with Gasteiger partial charge in [0, 0.05) is 31.3 Å². The second-order valence-electron chi connectivity index (χ2n) is 7.55. The molecular weight excluding hydrogens is 478 g/mol. The lowest BCUT2D eigenvalue weighted by molar-refractivity contribution is 0.429. The third kappa shape index (κ3) is 4.17. The number of aromatic amines is 1. The summed E-state index contributed by atoms with van der Waals surface area (Å²) in [5.74, 6) is -0.449. The third-order valence-corrected chi connectivity index (χ3v) is 8.13. The summed E-state index contributed by atoms with van der Waals surface area (Å²) >= 11 is 9.34. The van der Waals surface area contributed by atoms with Crippen LogP contribution in [0.2, 0.25) is 5.02 Å². The molecule has 33 heavy (non-hydrogen) atoms. The number of nitrogens with one attached hydrogen (secondary N) is 1. The largest absolute Gasteiger partial charge is 0.493 e. The van der Waals surface area contributed by atoms with E-state index in [1.54, 1.807) is 47.4 Å². The van der Waals surface area contributed by atoms with E-state index >= 15 is 0 Å². The van der Waals surface area contributed by atoms with Crippen LogP contribution in [-0.4, -0.2) is 20.4 Å². The average molecular weight is 496 g/mol. The van der Waals surface area contributed by atoms with Crippen LogP contribution in [0.25, 0.3) is 5.69 Å². The molecule has 3 heterocycles. The van der Waals surface area contributed by atoms with E-state index < -0.39 is 17.1 Å². The molecule has 0 spiro atoms. The monoisotopic (exact) mass is 495 g/mol. The molecule has 9 heteroatoms. The van der Waals surface area contributed by atoms with Gasteiger partial charge in [0.2, 0.25) is 5.88 Å². The first kappa shape index (κ1) is 21.8. The van der Waals surface area contributed by atoms with Gasteiger partial charge >= 0.3 is 5.69 Å². The number of hydrogen-bond donors (Lipinski definition) is 2. The molecule has 1 atom stereocenters. The molecule has 5 rings (SSSR count). The fourth-order valence-electron chi connectivity index (χ4n) is 3.77. The number of rotatable bonds is 3. The summed E-state index contributed by atoms with van der Waals surface area (Å²) in [6.07, 6.45) is 0.411. The van der Waals surface area contributed by atoms with Crippen molar-refractivity contribution in [3.05, 3.63) is 102 Å². The van der Waals surface area contributed by atoms with Gasteiger partial charge in [-0.2, -0.15) is 0 Å². The summed E-state index contributed by atoms with van der Waals surface area (Å²) in [5.41, 5.74) is 0.0974. The Balaban J connectivity index is 1.71. The van der Waals surface area contributed by atoms with E-state index in [9.17, 15) is 14.7 Å². The van der Waals surface area contributed by atoms with E-state index in [1.807, 2.05) is 24.3 Å². The molecule has 0 amide bonds. The van der Waals surface area contributed by atoms with E-state index in [0.29, 0.717) is 22.8 Å². The Bertz CT molecular complexity index is 1500. The maximum Gasteiger partial charge on any atom is 0.335 e. The number of thiophene rings is 1. The fraction of sp³-hybridized carbons (Fsp3) is 0.125. The highest BCUT2D eigenvalue weighted by Gasteiger charge is 2.28. The van der Waals surface area contributed by atoms with Crippen LogP contribution in [0.3, 0.4) is 0 Å². The number of hydrogen-bond acceptors (Lipinski definition) is 6. The lowest BCUT2D eigenvalue weighted by Gasteiger charge is -2.16. The quantitative estimate of drug-likeness (QED) is 0.386. The fourth-order valence-corrected chi connectivity index (χ4v) is 6.18. The minimum absolute atomic E-state index is 0.000750. The van der Waals surface area contributed by atoms with Crippen molar-refractivity contribution in [2.75, 3.05) is 0 Å². The predicted molar refractivity (Wildman–Crippen MR) is 134 cm³/mol. The van der Waals surface area contributed by atoms with Gasteiger partial charge in [-0.05, 0) is 55.5 Å². The number of aliphatic imine (C=N–C) groups is 1. The van der Waals surface area contributed by atoms with Crippen molar-refractivity contribution in [3.63, 3.8) is 0 Å². The van der Waals surface area contributed by atoms with Crippen LogP contribution >= 0.6 is 34.7 Å². The first-order valence-electron chi connectivity index (χ1n) is 10.1. The van der Waals surface area contributed by atoms with Gasteiger partial charge in [0.05, 0.1) is 17.1 Å². The van der Waals surface area contributed by atoms with E-state index in [2.05, 4.69) is 24.0 Å². The van der Waals surface area contributed by atoms with E-state index in [0.717, 1.165) is 20.0 Å². The summed E-state index contributed by atoms with van der Waals surface area (Å²) < 4.78 is 1.06. The van der Waals surface area contributed by atoms with Crippen LogP contribution in [0, 0.1) is 6.92 Å². The minimum Gasteiger partial charge on any atom is -0.493 e. The summed E-state index contributed by atoms with van der Waals surface area (Å²) in [6.45, 7) is 2.05. The van der Waals surface area contributed by atoms with Crippen molar-refractivity contribution in [3.8, 4) is 11.6 Å². The summed E-state index contributed by atoms with van der Waals surface area (Å²) in [4.78, 5) is 36.0. The molecule has 166 valence electrons. The Morgan fingerprint density at radius 2 is 1.85 bits per heavy atom. The van der Waals surface area contributed by atoms with Crippen LogP contribution in [0.5, 0.6) is 5.88 Å². The molecule has 6 nitrogen and oxygen atoms in total. The molecule has 0 fully saturated rings. The molecule has 0 radical (unpaired) electrons. The highest BCUT2D eigenvalue weighted by molar-refractivity contribution is 7.99. The molecule has 1 aliphatic rings. The summed E-state index contributed by atoms with van der Waals surface area (Å²) in [5, 5.41) is 11.6. The van der Waals surface area contributed by atoms with E-state index in [-0.39, 0.29) is 10.8 Å². The Morgan fingerprint density at radius 1 is 1.09 bits per heavy atom. The summed E-state index contributed by atoms with van der Waals surface area (Å²) in [7, 11) is 0. The van der Waals surface area contributed by atoms with Crippen molar-refractivity contribution >= 4 is 46.1 Å². The highest BCUT2D eigenvalue weighted by atomic mass is 35.5. The van der Waals surface area contributed by atoms with Gasteiger partial charge in [-0.25, -0.2) is 9.36 Å². The maximum atomic E-state index is 12.9. The third-order valence-electron chi connectivity index (χ3n) is 5.31. The minimum atomic E-state index is -0.738. The SMILES string of the molecule is Cc1ccc([C@H]2CC(c3c(O)n(-c4ccc(Cl)cc4)c(=O)[nH]c3=O)=Nc3ccccc3S2)s1. The number of para-hydroxylation sites is 1. The average Bonchev–Trinajstić information content (AvgIpc) is 3.12. The van der Waals surface area contributed by atoms with Gasteiger partial charge in [0.15, 0.2) is 0 Å². The number of H-pyrrole nitrogens is 1. The molecule has 2 N–H and O–H groups in total. The number of aromatic nitrogens is 2. The zero-order valence-corrected chi connectivity index (χ0v) is 19.8. The molecule has 2 aromatic carbocycles. The number of thioether (sulfide) groups is 1. The van der Waals surface area contributed by atoms with Gasteiger partial charge in [-0.3, -0.25) is 14.8 Å². The molecule has 0 aliphatic carbocycles. The smallest absolute Gasteiger partial charge is 0.335 e. The van der Waals surface area contributed by atoms with Crippen molar-refractivity contribution in [1.29, 1.82) is 0 Å². The van der Waals surface area contributed by atoms with Gasteiger partial charge in [0.25, 0.3) is 5.56 Å². The van der Waals surface area contributed by atoms with Crippen LogP contribution < -0.4 is 11.2 Å².